The molecule has 0 aliphatic carbocycles. The first kappa shape index (κ1) is 11.9. The molecule has 0 N–H and O–H groups in total. The van der Waals surface area contributed by atoms with Crippen LogP contribution in [0.5, 0.6) is 0 Å². The highest BCUT2D eigenvalue weighted by molar-refractivity contribution is 7.81. The molecule has 2 aromatic carbocycles. The number of benzene rings is 2. The predicted octanol–water partition coefficient (Wildman–Crippen LogP) is 3.53. The van der Waals surface area contributed by atoms with Gasteiger partial charge in [0.1, 0.15) is 0 Å². The van der Waals surface area contributed by atoms with Crippen molar-refractivity contribution >= 4 is 17.8 Å². The lowest BCUT2D eigenvalue weighted by molar-refractivity contribution is 0.592. The maximum absolute atomic E-state index is 13.1. The molecule has 0 aliphatic rings. The molecule has 0 aliphatic heterocycles. The first-order valence-corrected chi connectivity index (χ1v) is 7.40. The Labute approximate surface area is 102 Å². The molecule has 0 radical (unpaired) electrons. The van der Waals surface area contributed by atoms with Crippen molar-refractivity contribution in [2.75, 3.05) is 0 Å². The van der Waals surface area contributed by atoms with E-state index in [1.54, 1.807) is 0 Å². The molecule has 0 fully saturated rings. The second kappa shape index (κ2) is 5.16. The molecule has 0 saturated heterocycles. The molecule has 0 bridgehead atoms. The fraction of sp³-hybridized carbons (Fsp3) is 0.0667. The van der Waals surface area contributed by atoms with Gasteiger partial charge in [0.25, 0.3) is 0 Å². The van der Waals surface area contributed by atoms with Gasteiger partial charge in [0.05, 0.1) is 0 Å². The minimum atomic E-state index is -2.60. The number of rotatable bonds is 3. The van der Waals surface area contributed by atoms with Gasteiger partial charge < -0.3 is 4.57 Å². The first-order chi connectivity index (χ1) is 8.27. The van der Waals surface area contributed by atoms with Crippen molar-refractivity contribution in [3.8, 4) is 0 Å². The summed E-state index contributed by atoms with van der Waals surface area (Å²) >= 11 is 0. The molecule has 86 valence electrons. The van der Waals surface area contributed by atoms with Crippen molar-refractivity contribution in [3.63, 3.8) is 0 Å². The molecule has 17 heavy (non-hydrogen) atoms. The van der Waals surface area contributed by atoms with E-state index in [1.807, 2.05) is 79.5 Å². The summed E-state index contributed by atoms with van der Waals surface area (Å²) in [4.78, 5) is 0. The second-order valence-corrected chi connectivity index (χ2v) is 6.46. The van der Waals surface area contributed by atoms with Gasteiger partial charge in [0, 0.05) is 10.6 Å². The van der Waals surface area contributed by atoms with Crippen LogP contribution >= 0.6 is 7.14 Å². The molecular weight excluding hydrogens is 227 g/mol. The van der Waals surface area contributed by atoms with E-state index in [0.717, 1.165) is 10.6 Å². The normalized spacial score (nSPS) is 11.8. The summed E-state index contributed by atoms with van der Waals surface area (Å²) in [5.41, 5.74) is 0. The van der Waals surface area contributed by atoms with Crippen molar-refractivity contribution in [2.24, 2.45) is 0 Å². The topological polar surface area (TPSA) is 17.1 Å². The van der Waals surface area contributed by atoms with Gasteiger partial charge in [-0.15, -0.1) is 0 Å². The summed E-state index contributed by atoms with van der Waals surface area (Å²) in [6.07, 6.45) is 1.86. The lowest BCUT2D eigenvalue weighted by Gasteiger charge is -2.14. The average Bonchev–Trinajstić information content (AvgIpc) is 2.41. The van der Waals surface area contributed by atoms with Crippen LogP contribution in [0.3, 0.4) is 0 Å². The van der Waals surface area contributed by atoms with Gasteiger partial charge in [0.2, 0.25) is 0 Å². The Morgan fingerprint density at radius 3 is 1.59 bits per heavy atom. The van der Waals surface area contributed by atoms with Crippen molar-refractivity contribution < 1.29 is 4.57 Å². The van der Waals surface area contributed by atoms with E-state index < -0.39 is 7.14 Å². The second-order valence-electron chi connectivity index (χ2n) is 3.81. The van der Waals surface area contributed by atoms with Crippen molar-refractivity contribution in [1.82, 2.24) is 0 Å². The zero-order chi connectivity index (χ0) is 12.1. The van der Waals surface area contributed by atoms with Crippen molar-refractivity contribution in [3.05, 3.63) is 72.6 Å². The molecule has 0 saturated carbocycles. The van der Waals surface area contributed by atoms with E-state index in [4.69, 9.17) is 0 Å². The summed E-state index contributed by atoms with van der Waals surface area (Å²) in [5, 5.41) is 1.76. The van der Waals surface area contributed by atoms with E-state index in [2.05, 4.69) is 0 Å². The zero-order valence-electron chi connectivity index (χ0n) is 9.78. The molecule has 0 unspecified atom stereocenters. The van der Waals surface area contributed by atoms with Gasteiger partial charge in [0.15, 0.2) is 7.14 Å². The summed E-state index contributed by atoms with van der Waals surface area (Å²) in [6, 6.07) is 19.3. The maximum Gasteiger partial charge on any atom is 0.163 e. The van der Waals surface area contributed by atoms with Crippen LogP contribution in [0, 0.1) is 0 Å². The summed E-state index contributed by atoms with van der Waals surface area (Å²) in [6.45, 7) is 1.90. The fourth-order valence-electron chi connectivity index (χ4n) is 1.83. The summed E-state index contributed by atoms with van der Waals surface area (Å²) in [7, 11) is -2.60. The number of allylic oxidation sites excluding steroid dienone is 1. The third-order valence-corrected chi connectivity index (χ3v) is 5.49. The van der Waals surface area contributed by atoms with Crippen LogP contribution in [-0.4, -0.2) is 0 Å². The Hall–Kier alpha value is -1.59. The molecule has 0 spiro atoms. The Balaban J connectivity index is 2.60. The largest absolute Gasteiger partial charge is 0.309 e. The van der Waals surface area contributed by atoms with Crippen LogP contribution in [0.2, 0.25) is 0 Å². The first-order valence-electron chi connectivity index (χ1n) is 5.62. The molecule has 2 rings (SSSR count). The van der Waals surface area contributed by atoms with E-state index in [0.29, 0.717) is 0 Å². The average molecular weight is 242 g/mol. The highest BCUT2D eigenvalue weighted by Gasteiger charge is 2.22. The zero-order valence-corrected chi connectivity index (χ0v) is 10.7. The maximum atomic E-state index is 13.1. The van der Waals surface area contributed by atoms with Gasteiger partial charge >= 0.3 is 0 Å². The van der Waals surface area contributed by atoms with Crippen LogP contribution in [-0.2, 0) is 4.57 Å². The van der Waals surface area contributed by atoms with Crippen molar-refractivity contribution in [2.45, 2.75) is 6.92 Å². The fourth-order valence-corrected chi connectivity index (χ4v) is 4.12. The van der Waals surface area contributed by atoms with E-state index in [-0.39, 0.29) is 0 Å². The van der Waals surface area contributed by atoms with Gasteiger partial charge in [-0.1, -0.05) is 66.7 Å². The Kier molecular flexibility index (Phi) is 3.61. The quantitative estimate of drug-likeness (QED) is 0.752. The smallest absolute Gasteiger partial charge is 0.163 e. The molecule has 1 nitrogen and oxygen atoms in total. The summed E-state index contributed by atoms with van der Waals surface area (Å²) in [5.74, 6) is 1.82. The molecule has 2 heteroatoms. The lowest BCUT2D eigenvalue weighted by atomic mass is 10.4. The number of hydrogen-bond acceptors (Lipinski definition) is 1. The van der Waals surface area contributed by atoms with Crippen LogP contribution in [0.25, 0.3) is 0 Å². The highest BCUT2D eigenvalue weighted by Crippen LogP contribution is 2.44. The van der Waals surface area contributed by atoms with Crippen LogP contribution in [0.15, 0.2) is 72.6 Å². The molecule has 0 aromatic heterocycles. The molecule has 0 atom stereocenters. The SMILES string of the molecule is CC=CP(=O)(c1ccccc1)c1ccccc1. The Bertz CT molecular complexity index is 500. The third kappa shape index (κ3) is 2.40. The molecule has 0 heterocycles. The van der Waals surface area contributed by atoms with E-state index in [1.165, 1.54) is 0 Å². The molecule has 0 amide bonds. The molecular formula is C15H15OP. The number of hydrogen-bond donors (Lipinski definition) is 0. The van der Waals surface area contributed by atoms with E-state index >= 15 is 0 Å². The van der Waals surface area contributed by atoms with Gasteiger partial charge in [-0.3, -0.25) is 0 Å². The summed E-state index contributed by atoms with van der Waals surface area (Å²) < 4.78 is 13.1. The minimum Gasteiger partial charge on any atom is -0.309 e. The van der Waals surface area contributed by atoms with Gasteiger partial charge in [-0.2, -0.15) is 0 Å². The Morgan fingerprint density at radius 2 is 1.24 bits per heavy atom. The third-order valence-electron chi connectivity index (χ3n) is 2.64. The monoisotopic (exact) mass is 242 g/mol. The van der Waals surface area contributed by atoms with Crippen molar-refractivity contribution in [1.29, 1.82) is 0 Å². The van der Waals surface area contributed by atoms with Crippen LogP contribution in [0.4, 0.5) is 0 Å². The van der Waals surface area contributed by atoms with E-state index in [9.17, 15) is 4.57 Å². The minimum absolute atomic E-state index is 0.879. The van der Waals surface area contributed by atoms with Crippen LogP contribution in [0.1, 0.15) is 6.92 Å². The van der Waals surface area contributed by atoms with Gasteiger partial charge in [-0.05, 0) is 12.7 Å². The lowest BCUT2D eigenvalue weighted by Crippen LogP contribution is -2.13. The van der Waals surface area contributed by atoms with Crippen LogP contribution < -0.4 is 10.6 Å². The standard InChI is InChI=1S/C15H15OP/c1-2-13-17(16,14-9-5-3-6-10-14)15-11-7-4-8-12-15/h2-13H,1H3. The van der Waals surface area contributed by atoms with Gasteiger partial charge in [-0.25, -0.2) is 0 Å². The predicted molar refractivity (Wildman–Crippen MR) is 74.6 cm³/mol. The Morgan fingerprint density at radius 1 is 0.824 bits per heavy atom. The molecule has 2 aromatic rings. The highest BCUT2D eigenvalue weighted by atomic mass is 31.2.